The van der Waals surface area contributed by atoms with E-state index in [1.54, 1.807) is 29.3 Å². The number of nitrogens with one attached hydrogen (secondary N) is 1. The highest BCUT2D eigenvalue weighted by molar-refractivity contribution is 6.48. The number of rotatable bonds is 3. The quantitative estimate of drug-likeness (QED) is 0.569. The van der Waals surface area contributed by atoms with Gasteiger partial charge in [0.05, 0.1) is 29.7 Å². The number of anilines is 1. The van der Waals surface area contributed by atoms with E-state index in [1.165, 1.54) is 13.3 Å². The molecule has 0 saturated carbocycles. The van der Waals surface area contributed by atoms with Gasteiger partial charge in [0.1, 0.15) is 6.04 Å². The summed E-state index contributed by atoms with van der Waals surface area (Å²) >= 11 is 0. The summed E-state index contributed by atoms with van der Waals surface area (Å²) in [5, 5.41) is 2.39. The molecule has 0 fully saturated rings. The number of carbonyl (C=O) groups is 3. The van der Waals surface area contributed by atoms with Gasteiger partial charge in [0.2, 0.25) is 6.79 Å². The van der Waals surface area contributed by atoms with Gasteiger partial charge in [0.25, 0.3) is 11.8 Å². The highest BCUT2D eigenvalue weighted by Gasteiger charge is 2.41. The molecule has 9 nitrogen and oxygen atoms in total. The first-order valence-electron chi connectivity index (χ1n) is 10.3. The highest BCUT2D eigenvalue weighted by atomic mass is 16.7. The number of hydrogen-bond acceptors (Lipinski definition) is 8. The third-order valence-corrected chi connectivity index (χ3v) is 6.12. The fraction of sp³-hybridized carbons (Fsp3) is 0.167. The van der Waals surface area contributed by atoms with Gasteiger partial charge < -0.3 is 19.1 Å². The van der Waals surface area contributed by atoms with Gasteiger partial charge in [-0.2, -0.15) is 0 Å². The molecule has 4 heterocycles. The minimum absolute atomic E-state index is 0.0320. The summed E-state index contributed by atoms with van der Waals surface area (Å²) in [5.74, 6) is -0.540. The predicted octanol–water partition coefficient (Wildman–Crippen LogP) is 1.70. The molecule has 4 aliphatic heterocycles. The van der Waals surface area contributed by atoms with Gasteiger partial charge in [-0.1, -0.05) is 30.3 Å². The number of benzene rings is 2. The van der Waals surface area contributed by atoms with E-state index in [9.17, 15) is 14.4 Å². The lowest BCUT2D eigenvalue weighted by molar-refractivity contribution is -0.141. The maximum Gasteiger partial charge on any atom is 0.329 e. The monoisotopic (exact) mass is 443 g/mol. The zero-order chi connectivity index (χ0) is 22.7. The van der Waals surface area contributed by atoms with Gasteiger partial charge in [-0.15, -0.1) is 0 Å². The van der Waals surface area contributed by atoms with Crippen molar-refractivity contribution in [3.63, 3.8) is 0 Å². The SMILES string of the molecule is COC(=O)C1Cc2cccc3c2N1C=CN=C3C1=C(c2cccc3c2OCO3)C(=O)NC1=O. The summed E-state index contributed by atoms with van der Waals surface area (Å²) in [5.41, 5.74) is 3.44. The Balaban J connectivity index is 1.56. The third-order valence-electron chi connectivity index (χ3n) is 6.12. The van der Waals surface area contributed by atoms with Crippen molar-refractivity contribution in [1.82, 2.24) is 5.32 Å². The van der Waals surface area contributed by atoms with Crippen LogP contribution < -0.4 is 19.7 Å². The van der Waals surface area contributed by atoms with Crippen molar-refractivity contribution in [3.8, 4) is 11.5 Å². The van der Waals surface area contributed by atoms with E-state index < -0.39 is 17.9 Å². The van der Waals surface area contributed by atoms with E-state index in [0.29, 0.717) is 34.8 Å². The van der Waals surface area contributed by atoms with Gasteiger partial charge >= 0.3 is 5.97 Å². The topological polar surface area (TPSA) is 107 Å². The number of ether oxygens (including phenoxy) is 3. The molecule has 1 atom stereocenters. The lowest BCUT2D eigenvalue weighted by Crippen LogP contribution is -2.36. The van der Waals surface area contributed by atoms with Crippen LogP contribution in [-0.2, 0) is 25.5 Å². The molecule has 2 amide bonds. The second kappa shape index (κ2) is 7.06. The van der Waals surface area contributed by atoms with Gasteiger partial charge in [0.15, 0.2) is 11.5 Å². The van der Waals surface area contributed by atoms with Crippen molar-refractivity contribution < 1.29 is 28.6 Å². The lowest BCUT2D eigenvalue weighted by atomic mass is 9.92. The van der Waals surface area contributed by atoms with Gasteiger partial charge in [-0.3, -0.25) is 19.9 Å². The molecule has 6 rings (SSSR count). The molecule has 2 aromatic carbocycles. The summed E-state index contributed by atoms with van der Waals surface area (Å²) in [7, 11) is 1.35. The molecule has 0 spiro atoms. The van der Waals surface area contributed by atoms with Crippen LogP contribution in [0.4, 0.5) is 5.69 Å². The first-order chi connectivity index (χ1) is 16.1. The zero-order valence-electron chi connectivity index (χ0n) is 17.5. The summed E-state index contributed by atoms with van der Waals surface area (Å²) in [6.45, 7) is 0.0320. The van der Waals surface area contributed by atoms with Crippen LogP contribution in [0.5, 0.6) is 11.5 Å². The maximum atomic E-state index is 13.0. The Morgan fingerprint density at radius 1 is 1.09 bits per heavy atom. The lowest BCUT2D eigenvalue weighted by Gasteiger charge is -2.22. The predicted molar refractivity (Wildman–Crippen MR) is 117 cm³/mol. The standard InChI is InChI=1S/C24H17N3O6/c1-31-24(30)15-10-12-4-2-6-14-19(25-8-9-27(15)20(12)14)18-17(22(28)26-23(18)29)13-5-3-7-16-21(13)33-11-32-16/h2-9,15H,10-11H2,1H3,(H,26,28,29). The number of para-hydroxylation sites is 2. The molecule has 1 unspecified atom stereocenters. The van der Waals surface area contributed by atoms with Crippen LogP contribution in [0, 0.1) is 0 Å². The Morgan fingerprint density at radius 3 is 2.73 bits per heavy atom. The molecule has 4 aliphatic rings. The summed E-state index contributed by atoms with van der Waals surface area (Å²) < 4.78 is 16.0. The maximum absolute atomic E-state index is 13.0. The molecular weight excluding hydrogens is 426 g/mol. The molecule has 0 saturated heterocycles. The molecule has 164 valence electrons. The van der Waals surface area contributed by atoms with Gasteiger partial charge in [-0.05, 0) is 11.6 Å². The van der Waals surface area contributed by atoms with Crippen LogP contribution in [0.2, 0.25) is 0 Å². The number of nitrogens with zero attached hydrogens (tertiary/aromatic N) is 2. The fourth-order valence-electron chi connectivity index (χ4n) is 4.74. The molecule has 2 aromatic rings. The molecular formula is C24H17N3O6. The first kappa shape index (κ1) is 19.3. The number of amides is 2. The summed E-state index contributed by atoms with van der Waals surface area (Å²) in [4.78, 5) is 44.7. The van der Waals surface area contributed by atoms with Crippen molar-refractivity contribution >= 4 is 34.8 Å². The van der Waals surface area contributed by atoms with E-state index in [2.05, 4.69) is 10.3 Å². The third kappa shape index (κ3) is 2.72. The van der Waals surface area contributed by atoms with Crippen molar-refractivity contribution in [2.75, 3.05) is 18.8 Å². The Labute approximate surface area is 187 Å². The summed E-state index contributed by atoms with van der Waals surface area (Å²) in [6.07, 6.45) is 3.67. The number of methoxy groups -OCH3 is 1. The summed E-state index contributed by atoms with van der Waals surface area (Å²) in [6, 6.07) is 10.3. The van der Waals surface area contributed by atoms with Crippen LogP contribution in [0.1, 0.15) is 16.7 Å². The minimum atomic E-state index is -0.549. The molecule has 0 aliphatic carbocycles. The Morgan fingerprint density at radius 2 is 1.88 bits per heavy atom. The van der Waals surface area contributed by atoms with Crippen LogP contribution >= 0.6 is 0 Å². The molecule has 1 N–H and O–H groups in total. The number of hydrogen-bond donors (Lipinski definition) is 1. The number of aliphatic imine (C=N–C) groups is 1. The number of imide groups is 1. The second-order valence-electron chi connectivity index (χ2n) is 7.81. The average molecular weight is 443 g/mol. The Bertz CT molecular complexity index is 1360. The fourth-order valence-corrected chi connectivity index (χ4v) is 4.74. The van der Waals surface area contributed by atoms with E-state index >= 15 is 0 Å². The number of carbonyl (C=O) groups excluding carboxylic acids is 3. The Kier molecular flexibility index (Phi) is 4.13. The van der Waals surface area contributed by atoms with Crippen LogP contribution in [0.3, 0.4) is 0 Å². The van der Waals surface area contributed by atoms with E-state index in [1.807, 2.05) is 18.2 Å². The molecule has 0 bridgehead atoms. The van der Waals surface area contributed by atoms with Gasteiger partial charge in [-0.25, -0.2) is 4.79 Å². The average Bonchev–Trinajstić information content (AvgIpc) is 3.48. The van der Waals surface area contributed by atoms with Crippen molar-refractivity contribution in [3.05, 3.63) is 71.1 Å². The minimum Gasteiger partial charge on any atom is -0.467 e. The van der Waals surface area contributed by atoms with Crippen molar-refractivity contribution in [1.29, 1.82) is 0 Å². The Hall–Kier alpha value is -4.40. The van der Waals surface area contributed by atoms with Crippen LogP contribution in [-0.4, -0.2) is 43.4 Å². The molecule has 33 heavy (non-hydrogen) atoms. The highest BCUT2D eigenvalue weighted by Crippen LogP contribution is 2.43. The van der Waals surface area contributed by atoms with Crippen LogP contribution in [0.25, 0.3) is 5.57 Å². The zero-order valence-corrected chi connectivity index (χ0v) is 17.5. The molecule has 0 aromatic heterocycles. The smallest absolute Gasteiger partial charge is 0.329 e. The first-order valence-corrected chi connectivity index (χ1v) is 10.3. The van der Waals surface area contributed by atoms with E-state index in [4.69, 9.17) is 14.2 Å². The molecule has 9 heteroatoms. The van der Waals surface area contributed by atoms with Crippen molar-refractivity contribution in [2.24, 2.45) is 4.99 Å². The van der Waals surface area contributed by atoms with Crippen LogP contribution in [0.15, 0.2) is 59.4 Å². The largest absolute Gasteiger partial charge is 0.467 e. The van der Waals surface area contributed by atoms with Crippen molar-refractivity contribution in [2.45, 2.75) is 12.5 Å². The normalized spacial score (nSPS) is 20.0. The van der Waals surface area contributed by atoms with Gasteiger partial charge in [0, 0.05) is 29.9 Å². The number of fused-ring (bicyclic) bond motifs is 1. The number of esters is 1. The second-order valence-corrected chi connectivity index (χ2v) is 7.81. The van der Waals surface area contributed by atoms with E-state index in [-0.39, 0.29) is 23.9 Å². The van der Waals surface area contributed by atoms with E-state index in [0.717, 1.165) is 11.3 Å². The molecule has 0 radical (unpaired) electrons.